The van der Waals surface area contributed by atoms with Crippen LogP contribution in [-0.2, 0) is 4.79 Å². The molecule has 26 heavy (non-hydrogen) atoms. The normalized spacial score (nSPS) is 11.0. The van der Waals surface area contributed by atoms with Crippen LogP contribution in [0.25, 0.3) is 0 Å². The van der Waals surface area contributed by atoms with E-state index in [4.69, 9.17) is 0 Å². The van der Waals surface area contributed by atoms with Crippen LogP contribution in [0.4, 0.5) is 0 Å². The predicted octanol–water partition coefficient (Wildman–Crippen LogP) is 4.27. The average Bonchev–Trinajstić information content (AvgIpc) is 2.49. The lowest BCUT2D eigenvalue weighted by molar-refractivity contribution is -0.849. The summed E-state index contributed by atoms with van der Waals surface area (Å²) in [7, 11) is 8.50. The molecular formula is C22H47NO3. The minimum atomic E-state index is -0.914. The monoisotopic (exact) mass is 373 g/mol. The lowest BCUT2D eigenvalue weighted by Crippen LogP contribution is -2.27. The van der Waals surface area contributed by atoms with Crippen LogP contribution >= 0.6 is 0 Å². The molecule has 0 saturated carbocycles. The van der Waals surface area contributed by atoms with E-state index < -0.39 is 5.97 Å². The van der Waals surface area contributed by atoms with Crippen LogP contribution in [0.2, 0.25) is 0 Å². The third kappa shape index (κ3) is 43.5. The Morgan fingerprint density at radius 1 is 0.731 bits per heavy atom. The smallest absolute Gasteiger partial charge is 0.0675 e. The molecule has 0 spiro atoms. The number of hydrogen-bond acceptors (Lipinski definition) is 2. The summed E-state index contributed by atoms with van der Waals surface area (Å²) in [4.78, 5) is 10.2. The zero-order chi connectivity index (χ0) is 19.4. The van der Waals surface area contributed by atoms with Gasteiger partial charge in [-0.1, -0.05) is 70.4 Å². The Bertz CT molecular complexity index is 303. The molecule has 0 fully saturated rings. The maximum atomic E-state index is 10.2. The fraction of sp³-hybridized carbons (Fsp3) is 0.864. The van der Waals surface area contributed by atoms with E-state index in [1.165, 1.54) is 64.2 Å². The van der Waals surface area contributed by atoms with Crippen molar-refractivity contribution in [3.8, 4) is 0 Å². The number of carboxylic acids is 1. The Labute approximate surface area is 163 Å². The summed E-state index contributed by atoms with van der Waals surface area (Å²) >= 11 is 0. The molecule has 0 aliphatic heterocycles. The van der Waals surface area contributed by atoms with Gasteiger partial charge in [0.1, 0.15) is 0 Å². The Kier molecular flexibility index (Phi) is 25.5. The van der Waals surface area contributed by atoms with Gasteiger partial charge in [0.25, 0.3) is 0 Å². The second-order valence-electron chi connectivity index (χ2n) is 8.39. The van der Waals surface area contributed by atoms with Crippen molar-refractivity contribution >= 4 is 5.97 Å². The summed E-state index contributed by atoms with van der Waals surface area (Å²) in [5.74, 6) is -0.914. The third-order valence-corrected chi connectivity index (χ3v) is 3.64. The molecule has 0 aliphatic rings. The molecule has 0 aromatic heterocycles. The molecule has 0 amide bonds. The highest BCUT2D eigenvalue weighted by molar-refractivity contribution is 5.63. The van der Waals surface area contributed by atoms with E-state index in [1.54, 1.807) is 0 Å². The Morgan fingerprint density at radius 2 is 1.08 bits per heavy atom. The van der Waals surface area contributed by atoms with E-state index in [-0.39, 0.29) is 11.9 Å². The summed E-state index contributed by atoms with van der Waals surface area (Å²) < 4.78 is 1.00. The van der Waals surface area contributed by atoms with E-state index in [1.807, 2.05) is 0 Å². The molecule has 0 unspecified atom stereocenters. The van der Waals surface area contributed by atoms with Crippen molar-refractivity contribution in [1.82, 2.24) is 0 Å². The molecule has 158 valence electrons. The van der Waals surface area contributed by atoms with Gasteiger partial charge in [-0.05, 0) is 38.5 Å². The molecule has 0 saturated heterocycles. The molecule has 0 aliphatic carbocycles. The fourth-order valence-electron chi connectivity index (χ4n) is 2.34. The van der Waals surface area contributed by atoms with Crippen molar-refractivity contribution in [2.24, 2.45) is 0 Å². The molecular weight excluding hydrogens is 326 g/mol. The molecule has 0 radical (unpaired) electrons. The standard InChI is InChI=1S/C18H34O2.C4H12N.H2O/c1-2-3-4-5-6-7-8-9-10-11-12-13-14-15-16-17-18(19)20;1-5(2,3)4;/h9-10H,2-8,11-17H2,1H3,(H,19,20);1-4H3;1H2/q;+1;/p-1/b10-9-;;. The van der Waals surface area contributed by atoms with Crippen molar-refractivity contribution in [3.05, 3.63) is 12.2 Å². The molecule has 0 rings (SSSR count). The van der Waals surface area contributed by atoms with Gasteiger partial charge >= 0.3 is 0 Å². The van der Waals surface area contributed by atoms with Crippen molar-refractivity contribution < 1.29 is 19.9 Å². The minimum absolute atomic E-state index is 0. The SMILES string of the molecule is CCCCCCCC/C=C\CCCCCCCC(=O)[O-].C[N+](C)(C)C.O. The number of rotatable bonds is 15. The van der Waals surface area contributed by atoms with Crippen LogP contribution in [0.1, 0.15) is 96.8 Å². The van der Waals surface area contributed by atoms with Crippen molar-refractivity contribution in [2.75, 3.05) is 28.2 Å². The number of carboxylic acid groups (broad SMARTS) is 1. The lowest BCUT2D eigenvalue weighted by atomic mass is 10.1. The van der Waals surface area contributed by atoms with Crippen molar-refractivity contribution in [2.45, 2.75) is 96.8 Å². The molecule has 0 heterocycles. The van der Waals surface area contributed by atoms with E-state index in [9.17, 15) is 9.90 Å². The van der Waals surface area contributed by atoms with Crippen LogP contribution in [-0.4, -0.2) is 44.1 Å². The van der Waals surface area contributed by atoms with Crippen LogP contribution in [0, 0.1) is 0 Å². The first-order valence-corrected chi connectivity index (χ1v) is 10.4. The number of quaternary nitrogens is 1. The van der Waals surface area contributed by atoms with Gasteiger partial charge < -0.3 is 19.9 Å². The predicted molar refractivity (Wildman–Crippen MR) is 112 cm³/mol. The highest BCUT2D eigenvalue weighted by Gasteiger charge is 1.91. The van der Waals surface area contributed by atoms with Gasteiger partial charge in [0.15, 0.2) is 0 Å². The highest BCUT2D eigenvalue weighted by Crippen LogP contribution is 2.09. The summed E-state index contributed by atoms with van der Waals surface area (Å²) in [6.45, 7) is 2.26. The molecule has 2 N–H and O–H groups in total. The van der Waals surface area contributed by atoms with E-state index in [0.29, 0.717) is 0 Å². The van der Waals surface area contributed by atoms with Gasteiger partial charge in [0.05, 0.1) is 28.2 Å². The largest absolute Gasteiger partial charge is 0.550 e. The zero-order valence-corrected chi connectivity index (χ0v) is 18.3. The molecule has 0 aromatic rings. The van der Waals surface area contributed by atoms with Gasteiger partial charge in [-0.15, -0.1) is 0 Å². The van der Waals surface area contributed by atoms with Gasteiger partial charge in [0, 0.05) is 5.97 Å². The highest BCUT2D eigenvalue weighted by atomic mass is 16.4. The van der Waals surface area contributed by atoms with Gasteiger partial charge in [-0.2, -0.15) is 0 Å². The molecule has 0 bridgehead atoms. The average molecular weight is 374 g/mol. The zero-order valence-electron chi connectivity index (χ0n) is 18.3. The Balaban J connectivity index is -0.000000772. The third-order valence-electron chi connectivity index (χ3n) is 3.64. The number of unbranched alkanes of at least 4 members (excludes halogenated alkanes) is 11. The Hall–Kier alpha value is -0.870. The van der Waals surface area contributed by atoms with Crippen molar-refractivity contribution in [3.63, 3.8) is 0 Å². The first kappa shape index (κ1) is 29.9. The van der Waals surface area contributed by atoms with E-state index in [2.05, 4.69) is 47.3 Å². The molecule has 0 atom stereocenters. The lowest BCUT2D eigenvalue weighted by Gasteiger charge is -2.14. The first-order valence-electron chi connectivity index (χ1n) is 10.4. The Morgan fingerprint density at radius 3 is 1.46 bits per heavy atom. The number of aliphatic carboxylic acids is 1. The second kappa shape index (κ2) is 22.2. The van der Waals surface area contributed by atoms with E-state index >= 15 is 0 Å². The second-order valence-corrected chi connectivity index (χ2v) is 8.39. The maximum Gasteiger partial charge on any atom is 0.0675 e. The van der Waals surface area contributed by atoms with Crippen molar-refractivity contribution in [1.29, 1.82) is 0 Å². The maximum absolute atomic E-state index is 10.2. The number of hydrogen-bond donors (Lipinski definition) is 0. The molecule has 4 heteroatoms. The minimum Gasteiger partial charge on any atom is -0.550 e. The molecule has 0 aromatic carbocycles. The number of carbonyl (C=O) groups excluding carboxylic acids is 1. The van der Waals surface area contributed by atoms with Crippen LogP contribution in [0.3, 0.4) is 0 Å². The molecule has 4 nitrogen and oxygen atoms in total. The van der Waals surface area contributed by atoms with Crippen LogP contribution in [0.15, 0.2) is 12.2 Å². The first-order chi connectivity index (χ1) is 11.8. The van der Waals surface area contributed by atoms with Gasteiger partial charge in [0.2, 0.25) is 0 Å². The van der Waals surface area contributed by atoms with E-state index in [0.717, 1.165) is 23.7 Å². The van der Waals surface area contributed by atoms with Gasteiger partial charge in [-0.25, -0.2) is 0 Å². The fourth-order valence-corrected chi connectivity index (χ4v) is 2.34. The summed E-state index contributed by atoms with van der Waals surface area (Å²) in [5, 5.41) is 10.2. The summed E-state index contributed by atoms with van der Waals surface area (Å²) in [6.07, 6.45) is 20.9. The number of nitrogens with zero attached hydrogens (tertiary/aromatic N) is 1. The van der Waals surface area contributed by atoms with Crippen LogP contribution in [0.5, 0.6) is 0 Å². The summed E-state index contributed by atoms with van der Waals surface area (Å²) in [6, 6.07) is 0. The number of allylic oxidation sites excluding steroid dienone is 2. The quantitative estimate of drug-likeness (QED) is 0.244. The number of carbonyl (C=O) groups is 1. The van der Waals surface area contributed by atoms with Crippen LogP contribution < -0.4 is 5.11 Å². The topological polar surface area (TPSA) is 71.6 Å². The van der Waals surface area contributed by atoms with Gasteiger partial charge in [-0.3, -0.25) is 0 Å². The summed E-state index contributed by atoms with van der Waals surface area (Å²) in [5.41, 5.74) is 0.